The predicted molar refractivity (Wildman–Crippen MR) is 101 cm³/mol. The van der Waals surface area contributed by atoms with Crippen molar-refractivity contribution in [3.05, 3.63) is 24.3 Å². The number of hydrogen-bond donors (Lipinski definition) is 0. The van der Waals surface area contributed by atoms with Crippen molar-refractivity contribution >= 4 is 5.97 Å². The summed E-state index contributed by atoms with van der Waals surface area (Å²) in [7, 11) is 1.41. The lowest BCUT2D eigenvalue weighted by molar-refractivity contribution is -0.409. The quantitative estimate of drug-likeness (QED) is 0.301. The number of carbonyl (C=O) groups excluding carboxylic acids is 1. The number of rotatable bonds is 10. The minimum absolute atomic E-state index is 0.221. The smallest absolute Gasteiger partial charge is 0.308 e. The maximum absolute atomic E-state index is 11.6. The van der Waals surface area contributed by atoms with Crippen molar-refractivity contribution in [2.45, 2.75) is 84.3 Å². The fraction of sp³-hybridized carbons (Fsp3) is 0.762. The highest BCUT2D eigenvalue weighted by atomic mass is 17.2. The summed E-state index contributed by atoms with van der Waals surface area (Å²) in [6, 6.07) is 0. The van der Waals surface area contributed by atoms with Crippen LogP contribution in [0.25, 0.3) is 0 Å². The van der Waals surface area contributed by atoms with Crippen LogP contribution in [0.4, 0.5) is 0 Å². The molecule has 0 aromatic heterocycles. The molecule has 0 amide bonds. The van der Waals surface area contributed by atoms with Gasteiger partial charge in [-0.25, -0.2) is 9.78 Å². The monoisotopic (exact) mass is 352 g/mol. The summed E-state index contributed by atoms with van der Waals surface area (Å²) in [5.41, 5.74) is -0.389. The number of allylic oxidation sites excluding steroid dienone is 3. The fourth-order valence-corrected chi connectivity index (χ4v) is 3.29. The van der Waals surface area contributed by atoms with Crippen molar-refractivity contribution in [2.75, 3.05) is 7.11 Å². The second-order valence-electron chi connectivity index (χ2n) is 6.93. The molecule has 0 aliphatic carbocycles. The first-order chi connectivity index (χ1) is 12.0. The van der Waals surface area contributed by atoms with Crippen molar-refractivity contribution in [3.63, 3.8) is 0 Å². The Morgan fingerprint density at radius 3 is 2.60 bits per heavy atom. The van der Waals surface area contributed by atoms with Crippen molar-refractivity contribution in [3.8, 4) is 0 Å². The van der Waals surface area contributed by atoms with Crippen LogP contribution in [0, 0.1) is 11.8 Å². The minimum Gasteiger partial charge on any atom is -0.469 e. The van der Waals surface area contributed by atoms with Crippen LogP contribution in [-0.4, -0.2) is 24.8 Å². The van der Waals surface area contributed by atoms with E-state index in [0.717, 1.165) is 38.5 Å². The van der Waals surface area contributed by atoms with Gasteiger partial charge in [-0.1, -0.05) is 58.4 Å². The lowest BCUT2D eigenvalue weighted by Gasteiger charge is -2.41. The molecule has 0 N–H and O–H groups in total. The van der Waals surface area contributed by atoms with E-state index in [0.29, 0.717) is 11.8 Å². The SMILES string of the molecule is CC/C=C/[C@H](CC)C/C=C/[C@@]1(CC)C[C@H](CC)[C@H](CC(=O)OC)OO1. The van der Waals surface area contributed by atoms with E-state index >= 15 is 0 Å². The highest BCUT2D eigenvalue weighted by Crippen LogP contribution is 2.38. The standard InChI is InChI=1S/C21H36O4/c1-6-10-12-17(7-2)13-11-14-21(9-4)16-18(8-3)19(24-25-21)15-20(22)23-5/h10-12,14,17-19H,6-9,13,15-16H2,1-5H3/b12-10+,14-11+/t17-,18-,19-,21-/m0/s1. The first kappa shape index (κ1) is 21.9. The van der Waals surface area contributed by atoms with Gasteiger partial charge < -0.3 is 4.74 Å². The predicted octanol–water partition coefficient (Wildman–Crippen LogP) is 5.38. The normalized spacial score (nSPS) is 28.5. The molecule has 1 aliphatic heterocycles. The molecule has 0 aromatic carbocycles. The number of carbonyl (C=O) groups is 1. The molecule has 1 heterocycles. The lowest BCUT2D eigenvalue weighted by Crippen LogP contribution is -2.44. The van der Waals surface area contributed by atoms with Gasteiger partial charge in [0, 0.05) is 0 Å². The Balaban J connectivity index is 2.71. The van der Waals surface area contributed by atoms with Gasteiger partial charge in [-0.3, -0.25) is 4.79 Å². The zero-order valence-corrected chi connectivity index (χ0v) is 16.6. The van der Waals surface area contributed by atoms with E-state index in [-0.39, 0.29) is 24.1 Å². The fourth-order valence-electron chi connectivity index (χ4n) is 3.29. The molecule has 4 atom stereocenters. The van der Waals surface area contributed by atoms with E-state index in [1.54, 1.807) is 0 Å². The van der Waals surface area contributed by atoms with Crippen LogP contribution in [0.15, 0.2) is 24.3 Å². The number of hydrogen-bond acceptors (Lipinski definition) is 4. The Morgan fingerprint density at radius 2 is 2.04 bits per heavy atom. The van der Waals surface area contributed by atoms with Gasteiger partial charge in [-0.05, 0) is 43.9 Å². The molecule has 1 saturated heterocycles. The molecule has 0 saturated carbocycles. The van der Waals surface area contributed by atoms with Gasteiger partial charge in [-0.15, -0.1) is 0 Å². The zero-order chi connectivity index (χ0) is 18.7. The van der Waals surface area contributed by atoms with Gasteiger partial charge >= 0.3 is 5.97 Å². The van der Waals surface area contributed by atoms with Crippen LogP contribution in [0.5, 0.6) is 0 Å². The average Bonchev–Trinajstić information content (AvgIpc) is 2.65. The minimum atomic E-state index is -0.389. The molecule has 1 aliphatic rings. The second kappa shape index (κ2) is 11.5. The van der Waals surface area contributed by atoms with E-state index in [1.807, 2.05) is 0 Å². The maximum Gasteiger partial charge on any atom is 0.308 e. The first-order valence-corrected chi connectivity index (χ1v) is 9.79. The topological polar surface area (TPSA) is 44.8 Å². The van der Waals surface area contributed by atoms with E-state index in [4.69, 9.17) is 14.5 Å². The number of esters is 1. The summed E-state index contributed by atoms with van der Waals surface area (Å²) in [5, 5.41) is 0. The largest absolute Gasteiger partial charge is 0.469 e. The van der Waals surface area contributed by atoms with Crippen molar-refractivity contribution in [1.82, 2.24) is 0 Å². The third-order valence-corrected chi connectivity index (χ3v) is 5.22. The van der Waals surface area contributed by atoms with Gasteiger partial charge in [0.15, 0.2) is 0 Å². The average molecular weight is 353 g/mol. The summed E-state index contributed by atoms with van der Waals surface area (Å²) in [6.07, 6.45) is 14.9. The summed E-state index contributed by atoms with van der Waals surface area (Å²) < 4.78 is 4.76. The van der Waals surface area contributed by atoms with Crippen molar-refractivity contribution in [2.24, 2.45) is 11.8 Å². The Labute approximate surface area is 153 Å². The molecule has 4 nitrogen and oxygen atoms in total. The maximum atomic E-state index is 11.6. The molecule has 1 rings (SSSR count). The lowest BCUT2D eigenvalue weighted by atomic mass is 9.81. The molecule has 25 heavy (non-hydrogen) atoms. The molecule has 1 fully saturated rings. The van der Waals surface area contributed by atoms with Crippen LogP contribution in [0.1, 0.15) is 72.6 Å². The molecule has 144 valence electrons. The van der Waals surface area contributed by atoms with E-state index in [1.165, 1.54) is 7.11 Å². The third kappa shape index (κ3) is 6.95. The van der Waals surface area contributed by atoms with Crippen LogP contribution in [0.3, 0.4) is 0 Å². The molecule has 0 aromatic rings. The highest BCUT2D eigenvalue weighted by Gasteiger charge is 2.41. The summed E-state index contributed by atoms with van der Waals surface area (Å²) in [5.74, 6) is 0.614. The molecular formula is C21H36O4. The molecular weight excluding hydrogens is 316 g/mol. The van der Waals surface area contributed by atoms with Gasteiger partial charge in [0.1, 0.15) is 11.7 Å². The van der Waals surface area contributed by atoms with Gasteiger partial charge in [-0.2, -0.15) is 0 Å². The van der Waals surface area contributed by atoms with Crippen molar-refractivity contribution < 1.29 is 19.3 Å². The van der Waals surface area contributed by atoms with Crippen LogP contribution in [0.2, 0.25) is 0 Å². The molecule has 0 unspecified atom stereocenters. The highest BCUT2D eigenvalue weighted by molar-refractivity contribution is 5.69. The summed E-state index contributed by atoms with van der Waals surface area (Å²) >= 11 is 0. The van der Waals surface area contributed by atoms with E-state index in [9.17, 15) is 4.79 Å². The van der Waals surface area contributed by atoms with Crippen molar-refractivity contribution in [1.29, 1.82) is 0 Å². The summed E-state index contributed by atoms with van der Waals surface area (Å²) in [4.78, 5) is 23.0. The molecule has 0 spiro atoms. The van der Waals surface area contributed by atoms with Gasteiger partial charge in [0.2, 0.25) is 0 Å². The van der Waals surface area contributed by atoms with Crippen LogP contribution >= 0.6 is 0 Å². The number of methoxy groups -OCH3 is 1. The van der Waals surface area contributed by atoms with Gasteiger partial charge in [0.25, 0.3) is 0 Å². The Hall–Kier alpha value is -1.13. The molecule has 0 radical (unpaired) electrons. The van der Waals surface area contributed by atoms with Crippen LogP contribution in [-0.2, 0) is 19.3 Å². The summed E-state index contributed by atoms with van der Waals surface area (Å²) in [6.45, 7) is 8.64. The third-order valence-electron chi connectivity index (χ3n) is 5.22. The van der Waals surface area contributed by atoms with Crippen LogP contribution < -0.4 is 0 Å². The number of ether oxygens (including phenoxy) is 1. The second-order valence-corrected chi connectivity index (χ2v) is 6.93. The molecule has 0 bridgehead atoms. The zero-order valence-electron chi connectivity index (χ0n) is 16.6. The van der Waals surface area contributed by atoms with Gasteiger partial charge in [0.05, 0.1) is 13.5 Å². The Kier molecular flexibility index (Phi) is 10.1. The Bertz CT molecular complexity index is 443. The first-order valence-electron chi connectivity index (χ1n) is 9.79. The van der Waals surface area contributed by atoms with E-state index < -0.39 is 0 Å². The van der Waals surface area contributed by atoms with E-state index in [2.05, 4.69) is 52.0 Å². The Morgan fingerprint density at radius 1 is 1.28 bits per heavy atom. The molecule has 4 heteroatoms.